The van der Waals surface area contributed by atoms with Gasteiger partial charge in [0, 0.05) is 0 Å². The molecule has 1 aliphatic heterocycles. The molecule has 1 N–H and O–H groups in total. The molecular weight excluding hydrogens is 292 g/mol. The number of amides is 2. The Labute approximate surface area is 135 Å². The molecule has 120 valence electrons. The van der Waals surface area contributed by atoms with Crippen molar-refractivity contribution in [3.05, 3.63) is 48.0 Å². The van der Waals surface area contributed by atoms with Gasteiger partial charge in [0.1, 0.15) is 18.1 Å². The molecule has 0 aromatic heterocycles. The predicted octanol–water partition coefficient (Wildman–Crippen LogP) is 3.82. The van der Waals surface area contributed by atoms with Crippen molar-refractivity contribution in [3.8, 4) is 11.5 Å². The van der Waals surface area contributed by atoms with Gasteiger partial charge in [0.05, 0.1) is 24.5 Å². The molecule has 2 aromatic carbocycles. The van der Waals surface area contributed by atoms with Crippen LogP contribution in [-0.2, 0) is 0 Å². The van der Waals surface area contributed by atoms with Crippen molar-refractivity contribution in [3.63, 3.8) is 0 Å². The first-order valence-corrected chi connectivity index (χ1v) is 7.73. The number of benzene rings is 2. The second-order valence-electron chi connectivity index (χ2n) is 5.33. The summed E-state index contributed by atoms with van der Waals surface area (Å²) in [6, 6.07) is 13.1. The second-order valence-corrected chi connectivity index (χ2v) is 5.33. The van der Waals surface area contributed by atoms with Gasteiger partial charge in [-0.2, -0.15) is 0 Å². The van der Waals surface area contributed by atoms with Gasteiger partial charge in [-0.3, -0.25) is 4.90 Å². The van der Waals surface area contributed by atoms with E-state index in [4.69, 9.17) is 9.47 Å². The molecule has 3 rings (SSSR count). The van der Waals surface area contributed by atoms with Crippen LogP contribution in [0.1, 0.15) is 12.5 Å². The van der Waals surface area contributed by atoms with Crippen molar-refractivity contribution >= 4 is 17.4 Å². The summed E-state index contributed by atoms with van der Waals surface area (Å²) in [5.41, 5.74) is 2.55. The third-order valence-corrected chi connectivity index (χ3v) is 3.65. The minimum absolute atomic E-state index is 0.188. The summed E-state index contributed by atoms with van der Waals surface area (Å²) in [4.78, 5) is 14.4. The number of nitrogens with zero attached hydrogens (tertiary/aromatic N) is 1. The van der Waals surface area contributed by atoms with Gasteiger partial charge in [-0.05, 0) is 43.7 Å². The molecule has 0 radical (unpaired) electrons. The van der Waals surface area contributed by atoms with Gasteiger partial charge in [-0.25, -0.2) is 4.79 Å². The minimum Gasteiger partial charge on any atom is -0.492 e. The Hall–Kier alpha value is -2.69. The number of nitrogens with one attached hydrogen (secondary N) is 1. The molecule has 23 heavy (non-hydrogen) atoms. The first kappa shape index (κ1) is 15.2. The molecule has 0 spiro atoms. The number of carbonyl (C=O) groups is 1. The largest absolute Gasteiger partial charge is 0.492 e. The summed E-state index contributed by atoms with van der Waals surface area (Å²) in [7, 11) is 0. The number of carbonyl (C=O) groups excluding carboxylic acids is 1. The van der Waals surface area contributed by atoms with E-state index in [-0.39, 0.29) is 6.03 Å². The SMILES string of the molecule is CCOc1ccccc1NC(=O)N1CCOc2ccc(C)cc21. The van der Waals surface area contributed by atoms with Gasteiger partial charge in [0.2, 0.25) is 0 Å². The van der Waals surface area contributed by atoms with Crippen LogP contribution in [0.15, 0.2) is 42.5 Å². The number of aryl methyl sites for hydroxylation is 1. The van der Waals surface area contributed by atoms with Gasteiger partial charge >= 0.3 is 6.03 Å². The van der Waals surface area contributed by atoms with Crippen molar-refractivity contribution in [1.29, 1.82) is 0 Å². The van der Waals surface area contributed by atoms with E-state index in [2.05, 4.69) is 5.32 Å². The molecule has 0 saturated carbocycles. The standard InChI is InChI=1S/C18H20N2O3/c1-3-22-16-7-5-4-6-14(16)19-18(21)20-10-11-23-17-9-8-13(2)12-15(17)20/h4-9,12H,3,10-11H2,1-2H3,(H,19,21). The van der Waals surface area contributed by atoms with Crippen molar-refractivity contribution < 1.29 is 14.3 Å². The van der Waals surface area contributed by atoms with Crippen LogP contribution in [0.2, 0.25) is 0 Å². The number of urea groups is 1. The van der Waals surface area contributed by atoms with Crippen LogP contribution in [0.4, 0.5) is 16.2 Å². The molecule has 0 bridgehead atoms. The van der Waals surface area contributed by atoms with Gasteiger partial charge in [0.25, 0.3) is 0 Å². The van der Waals surface area contributed by atoms with E-state index < -0.39 is 0 Å². The van der Waals surface area contributed by atoms with E-state index in [0.29, 0.717) is 31.2 Å². The van der Waals surface area contributed by atoms with Gasteiger partial charge in [0.15, 0.2) is 0 Å². The summed E-state index contributed by atoms with van der Waals surface area (Å²) in [5, 5.41) is 2.93. The van der Waals surface area contributed by atoms with Crippen LogP contribution in [0, 0.1) is 6.92 Å². The molecular formula is C18H20N2O3. The monoisotopic (exact) mass is 312 g/mol. The normalized spacial score (nSPS) is 13.0. The Morgan fingerprint density at radius 1 is 1.30 bits per heavy atom. The lowest BCUT2D eigenvalue weighted by molar-refractivity contribution is 0.250. The molecule has 0 unspecified atom stereocenters. The average molecular weight is 312 g/mol. The fraction of sp³-hybridized carbons (Fsp3) is 0.278. The number of fused-ring (bicyclic) bond motifs is 1. The zero-order valence-electron chi connectivity index (χ0n) is 13.3. The van der Waals surface area contributed by atoms with Crippen molar-refractivity contribution in [1.82, 2.24) is 0 Å². The fourth-order valence-electron chi connectivity index (χ4n) is 2.57. The molecule has 0 fully saturated rings. The third kappa shape index (κ3) is 3.23. The highest BCUT2D eigenvalue weighted by Crippen LogP contribution is 2.33. The number of anilines is 2. The Morgan fingerprint density at radius 3 is 2.96 bits per heavy atom. The number of para-hydroxylation sites is 2. The summed E-state index contributed by atoms with van der Waals surface area (Å²) in [5.74, 6) is 1.40. The van der Waals surface area contributed by atoms with E-state index in [1.54, 1.807) is 4.90 Å². The highest BCUT2D eigenvalue weighted by atomic mass is 16.5. The minimum atomic E-state index is -0.188. The third-order valence-electron chi connectivity index (χ3n) is 3.65. The number of hydrogen-bond acceptors (Lipinski definition) is 3. The zero-order valence-corrected chi connectivity index (χ0v) is 13.3. The number of rotatable bonds is 3. The van der Waals surface area contributed by atoms with Gasteiger partial charge < -0.3 is 14.8 Å². The summed E-state index contributed by atoms with van der Waals surface area (Å²) < 4.78 is 11.2. The summed E-state index contributed by atoms with van der Waals surface area (Å²) in [6.45, 7) is 5.46. The molecule has 2 amide bonds. The lowest BCUT2D eigenvalue weighted by Gasteiger charge is -2.30. The molecule has 5 nitrogen and oxygen atoms in total. The van der Waals surface area contributed by atoms with Gasteiger partial charge in [-0.15, -0.1) is 0 Å². The van der Waals surface area contributed by atoms with E-state index in [1.165, 1.54) is 0 Å². The molecule has 1 aliphatic rings. The Morgan fingerprint density at radius 2 is 2.13 bits per heavy atom. The first-order valence-electron chi connectivity index (χ1n) is 7.73. The molecule has 5 heteroatoms. The predicted molar refractivity (Wildman–Crippen MR) is 90.6 cm³/mol. The molecule has 1 heterocycles. The van der Waals surface area contributed by atoms with E-state index in [9.17, 15) is 4.79 Å². The van der Waals surface area contributed by atoms with Crippen LogP contribution in [-0.4, -0.2) is 25.8 Å². The maximum absolute atomic E-state index is 12.7. The fourth-order valence-corrected chi connectivity index (χ4v) is 2.57. The Bertz CT molecular complexity index is 715. The van der Waals surface area contributed by atoms with Crippen molar-refractivity contribution in [2.75, 3.05) is 30.0 Å². The maximum Gasteiger partial charge on any atom is 0.326 e. The lowest BCUT2D eigenvalue weighted by Crippen LogP contribution is -2.40. The smallest absolute Gasteiger partial charge is 0.326 e. The second kappa shape index (κ2) is 6.60. The Kier molecular flexibility index (Phi) is 4.37. The van der Waals surface area contributed by atoms with Crippen LogP contribution in [0.25, 0.3) is 0 Å². The van der Waals surface area contributed by atoms with Crippen LogP contribution in [0.3, 0.4) is 0 Å². The van der Waals surface area contributed by atoms with Crippen molar-refractivity contribution in [2.45, 2.75) is 13.8 Å². The average Bonchev–Trinajstić information content (AvgIpc) is 2.56. The number of hydrogen-bond donors (Lipinski definition) is 1. The highest BCUT2D eigenvalue weighted by Gasteiger charge is 2.24. The Balaban J connectivity index is 1.84. The van der Waals surface area contributed by atoms with E-state index in [0.717, 1.165) is 17.0 Å². The molecule has 2 aromatic rings. The van der Waals surface area contributed by atoms with E-state index in [1.807, 2.05) is 56.3 Å². The lowest BCUT2D eigenvalue weighted by atomic mass is 10.1. The molecule has 0 aliphatic carbocycles. The first-order chi connectivity index (χ1) is 11.2. The van der Waals surface area contributed by atoms with Crippen LogP contribution in [0.5, 0.6) is 11.5 Å². The highest BCUT2D eigenvalue weighted by molar-refractivity contribution is 6.03. The van der Waals surface area contributed by atoms with E-state index >= 15 is 0 Å². The maximum atomic E-state index is 12.7. The topological polar surface area (TPSA) is 50.8 Å². The quantitative estimate of drug-likeness (QED) is 0.937. The van der Waals surface area contributed by atoms with Crippen molar-refractivity contribution in [2.24, 2.45) is 0 Å². The summed E-state index contributed by atoms with van der Waals surface area (Å²) >= 11 is 0. The molecule has 0 saturated heterocycles. The summed E-state index contributed by atoms with van der Waals surface area (Å²) in [6.07, 6.45) is 0. The van der Waals surface area contributed by atoms with Gasteiger partial charge in [-0.1, -0.05) is 18.2 Å². The van der Waals surface area contributed by atoms with Crippen LogP contribution >= 0.6 is 0 Å². The zero-order chi connectivity index (χ0) is 16.2. The number of ether oxygens (including phenoxy) is 2. The molecule has 0 atom stereocenters. The van der Waals surface area contributed by atoms with Crippen LogP contribution < -0.4 is 19.7 Å².